The van der Waals surface area contributed by atoms with Crippen LogP contribution in [0.3, 0.4) is 0 Å². The number of hydrazine groups is 1. The first kappa shape index (κ1) is 8.29. The quantitative estimate of drug-likeness (QED) is 0.564. The zero-order chi connectivity index (χ0) is 9.10. The van der Waals surface area contributed by atoms with Crippen LogP contribution in [0.5, 0.6) is 0 Å². The average molecular weight is 190 g/mol. The van der Waals surface area contributed by atoms with Crippen molar-refractivity contribution in [3.05, 3.63) is 41.8 Å². The van der Waals surface area contributed by atoms with Crippen molar-refractivity contribution in [2.75, 3.05) is 5.43 Å². The van der Waals surface area contributed by atoms with Crippen molar-refractivity contribution in [3.63, 3.8) is 0 Å². The highest BCUT2D eigenvalue weighted by molar-refractivity contribution is 7.13. The highest BCUT2D eigenvalue weighted by Gasteiger charge is 1.98. The Labute approximate surface area is 81.0 Å². The molecule has 0 aliphatic carbocycles. The normalized spacial score (nSPS) is 9.92. The van der Waals surface area contributed by atoms with Gasteiger partial charge in [-0.3, -0.25) is 5.84 Å². The Bertz CT molecular complexity index is 382. The van der Waals surface area contributed by atoms with E-state index in [1.165, 1.54) is 10.4 Å². The van der Waals surface area contributed by atoms with Crippen molar-refractivity contribution in [1.29, 1.82) is 0 Å². The van der Waals surface area contributed by atoms with E-state index in [1.807, 2.05) is 24.3 Å². The monoisotopic (exact) mass is 190 g/mol. The number of nitrogens with two attached hydrogens (primary N) is 1. The summed E-state index contributed by atoms with van der Waals surface area (Å²) < 4.78 is 0. The van der Waals surface area contributed by atoms with Gasteiger partial charge in [0.15, 0.2) is 0 Å². The van der Waals surface area contributed by atoms with Crippen LogP contribution < -0.4 is 11.3 Å². The van der Waals surface area contributed by atoms with Crippen LogP contribution in [0, 0.1) is 0 Å². The first-order valence-corrected chi connectivity index (χ1v) is 4.88. The van der Waals surface area contributed by atoms with Gasteiger partial charge in [0.25, 0.3) is 0 Å². The Morgan fingerprint density at radius 3 is 2.77 bits per heavy atom. The Balaban J connectivity index is 2.41. The van der Waals surface area contributed by atoms with Gasteiger partial charge in [-0.15, -0.1) is 11.3 Å². The molecule has 3 N–H and O–H groups in total. The molecule has 0 spiro atoms. The van der Waals surface area contributed by atoms with E-state index in [0.29, 0.717) is 0 Å². The van der Waals surface area contributed by atoms with E-state index < -0.39 is 0 Å². The number of benzene rings is 1. The standard InChI is InChI=1S/C10H10N2S/c11-12-9-4-1-3-8(7-9)10-5-2-6-13-10/h1-7,12H,11H2. The van der Waals surface area contributed by atoms with Crippen molar-refractivity contribution in [2.45, 2.75) is 0 Å². The molecule has 0 saturated carbocycles. The van der Waals surface area contributed by atoms with E-state index in [4.69, 9.17) is 5.84 Å². The fourth-order valence-electron chi connectivity index (χ4n) is 1.21. The third-order valence-corrected chi connectivity index (χ3v) is 2.75. The molecule has 0 unspecified atom stereocenters. The number of rotatable bonds is 2. The van der Waals surface area contributed by atoms with Gasteiger partial charge < -0.3 is 5.43 Å². The molecule has 0 fully saturated rings. The Kier molecular flexibility index (Phi) is 2.29. The summed E-state index contributed by atoms with van der Waals surface area (Å²) in [6.45, 7) is 0. The minimum absolute atomic E-state index is 0.936. The van der Waals surface area contributed by atoms with Crippen LogP contribution >= 0.6 is 11.3 Å². The highest BCUT2D eigenvalue weighted by Crippen LogP contribution is 2.26. The predicted molar refractivity (Wildman–Crippen MR) is 57.6 cm³/mol. The topological polar surface area (TPSA) is 38.0 Å². The third kappa shape index (κ3) is 1.71. The summed E-state index contributed by atoms with van der Waals surface area (Å²) in [4.78, 5) is 1.26. The first-order chi connectivity index (χ1) is 6.40. The molecule has 1 heterocycles. The van der Waals surface area contributed by atoms with E-state index in [2.05, 4.69) is 22.9 Å². The van der Waals surface area contributed by atoms with Gasteiger partial charge >= 0.3 is 0 Å². The predicted octanol–water partition coefficient (Wildman–Crippen LogP) is 2.70. The van der Waals surface area contributed by atoms with E-state index >= 15 is 0 Å². The van der Waals surface area contributed by atoms with Gasteiger partial charge in [0, 0.05) is 10.6 Å². The Hall–Kier alpha value is -1.32. The van der Waals surface area contributed by atoms with Crippen molar-refractivity contribution < 1.29 is 0 Å². The molecule has 0 aliphatic heterocycles. The van der Waals surface area contributed by atoms with Gasteiger partial charge in [0.05, 0.1) is 0 Å². The lowest BCUT2D eigenvalue weighted by Gasteiger charge is -2.01. The number of hydrogen-bond acceptors (Lipinski definition) is 3. The molecule has 2 nitrogen and oxygen atoms in total. The molecule has 0 atom stereocenters. The molecule has 0 bridgehead atoms. The van der Waals surface area contributed by atoms with Crippen molar-refractivity contribution in [2.24, 2.45) is 5.84 Å². The van der Waals surface area contributed by atoms with Crippen LogP contribution in [0.15, 0.2) is 41.8 Å². The summed E-state index contributed by atoms with van der Waals surface area (Å²) in [5.74, 6) is 5.33. The fourth-order valence-corrected chi connectivity index (χ4v) is 1.93. The summed E-state index contributed by atoms with van der Waals surface area (Å²) >= 11 is 1.73. The molecule has 2 rings (SSSR count). The average Bonchev–Trinajstić information content (AvgIpc) is 2.71. The second-order valence-electron chi connectivity index (χ2n) is 2.70. The fraction of sp³-hybridized carbons (Fsp3) is 0. The van der Waals surface area contributed by atoms with E-state index in [-0.39, 0.29) is 0 Å². The molecule has 66 valence electrons. The maximum Gasteiger partial charge on any atom is 0.0491 e. The van der Waals surface area contributed by atoms with Gasteiger partial charge in [-0.1, -0.05) is 18.2 Å². The number of anilines is 1. The van der Waals surface area contributed by atoms with Gasteiger partial charge in [0.1, 0.15) is 0 Å². The lowest BCUT2D eigenvalue weighted by Crippen LogP contribution is -2.06. The minimum atomic E-state index is 0.936. The van der Waals surface area contributed by atoms with Gasteiger partial charge in [-0.05, 0) is 29.1 Å². The zero-order valence-corrected chi connectivity index (χ0v) is 7.84. The number of nitrogen functional groups attached to an aromatic ring is 1. The Morgan fingerprint density at radius 2 is 2.08 bits per heavy atom. The van der Waals surface area contributed by atoms with Crippen LogP contribution in [0.1, 0.15) is 0 Å². The van der Waals surface area contributed by atoms with Gasteiger partial charge in [0.2, 0.25) is 0 Å². The third-order valence-electron chi connectivity index (χ3n) is 1.83. The van der Waals surface area contributed by atoms with Crippen molar-refractivity contribution in [3.8, 4) is 10.4 Å². The molecule has 0 saturated heterocycles. The molecular weight excluding hydrogens is 180 g/mol. The number of nitrogens with one attached hydrogen (secondary N) is 1. The molecule has 1 aromatic carbocycles. The maximum absolute atomic E-state index is 5.33. The smallest absolute Gasteiger partial charge is 0.0491 e. The maximum atomic E-state index is 5.33. The van der Waals surface area contributed by atoms with Crippen LogP contribution in [-0.4, -0.2) is 0 Å². The van der Waals surface area contributed by atoms with E-state index in [1.54, 1.807) is 11.3 Å². The summed E-state index contributed by atoms with van der Waals surface area (Å²) in [6, 6.07) is 12.2. The Morgan fingerprint density at radius 1 is 1.15 bits per heavy atom. The summed E-state index contributed by atoms with van der Waals surface area (Å²) in [5, 5.41) is 2.07. The van der Waals surface area contributed by atoms with E-state index in [0.717, 1.165) is 5.69 Å². The largest absolute Gasteiger partial charge is 0.324 e. The zero-order valence-electron chi connectivity index (χ0n) is 7.03. The molecule has 3 heteroatoms. The molecular formula is C10H10N2S. The summed E-state index contributed by atoms with van der Waals surface area (Å²) in [7, 11) is 0. The lowest BCUT2D eigenvalue weighted by atomic mass is 10.2. The second-order valence-corrected chi connectivity index (χ2v) is 3.65. The first-order valence-electron chi connectivity index (χ1n) is 4.01. The highest BCUT2D eigenvalue weighted by atomic mass is 32.1. The summed E-state index contributed by atoms with van der Waals surface area (Å²) in [5.41, 5.74) is 4.77. The molecule has 0 radical (unpaired) electrons. The van der Waals surface area contributed by atoms with Crippen molar-refractivity contribution in [1.82, 2.24) is 0 Å². The van der Waals surface area contributed by atoms with Crippen LogP contribution in [0.25, 0.3) is 10.4 Å². The molecule has 1 aromatic heterocycles. The van der Waals surface area contributed by atoms with Crippen molar-refractivity contribution >= 4 is 17.0 Å². The minimum Gasteiger partial charge on any atom is -0.324 e. The van der Waals surface area contributed by atoms with Gasteiger partial charge in [-0.25, -0.2) is 0 Å². The van der Waals surface area contributed by atoms with E-state index in [9.17, 15) is 0 Å². The van der Waals surface area contributed by atoms with Gasteiger partial charge in [-0.2, -0.15) is 0 Å². The van der Waals surface area contributed by atoms with Crippen LogP contribution in [0.4, 0.5) is 5.69 Å². The summed E-state index contributed by atoms with van der Waals surface area (Å²) in [6.07, 6.45) is 0. The molecule has 0 amide bonds. The number of hydrogen-bond donors (Lipinski definition) is 2. The molecule has 13 heavy (non-hydrogen) atoms. The number of thiophene rings is 1. The molecule has 2 aromatic rings. The second kappa shape index (κ2) is 3.60. The van der Waals surface area contributed by atoms with Crippen LogP contribution in [0.2, 0.25) is 0 Å². The lowest BCUT2D eigenvalue weighted by molar-refractivity contribution is 1.35. The molecule has 0 aliphatic rings. The SMILES string of the molecule is NNc1cccc(-c2cccs2)c1. The van der Waals surface area contributed by atoms with Crippen LogP contribution in [-0.2, 0) is 0 Å².